The van der Waals surface area contributed by atoms with Gasteiger partial charge in [-0.15, -0.1) is 0 Å². The van der Waals surface area contributed by atoms with Gasteiger partial charge in [-0.1, -0.05) is 20.8 Å². The van der Waals surface area contributed by atoms with Crippen molar-refractivity contribution in [3.63, 3.8) is 0 Å². The molecule has 0 aromatic heterocycles. The molecule has 13 heavy (non-hydrogen) atoms. The van der Waals surface area contributed by atoms with Crippen LogP contribution in [0.5, 0.6) is 0 Å². The summed E-state index contributed by atoms with van der Waals surface area (Å²) in [5, 5.41) is 0. The fourth-order valence-electron chi connectivity index (χ4n) is 3.17. The fourth-order valence-corrected chi connectivity index (χ4v) is 3.17. The van der Waals surface area contributed by atoms with Gasteiger partial charge in [0.1, 0.15) is 0 Å². The van der Waals surface area contributed by atoms with Gasteiger partial charge in [-0.25, -0.2) is 0 Å². The molecule has 76 valence electrons. The Balaban J connectivity index is 1.94. The largest absolute Gasteiger partial charge is 0.325 e. The second-order valence-corrected chi connectivity index (χ2v) is 5.83. The highest BCUT2D eigenvalue weighted by Gasteiger charge is 2.42. The Morgan fingerprint density at radius 3 is 2.23 bits per heavy atom. The Morgan fingerprint density at radius 1 is 1.23 bits per heavy atom. The summed E-state index contributed by atoms with van der Waals surface area (Å²) in [5.41, 5.74) is 6.37. The Hall–Kier alpha value is -0.0800. The van der Waals surface area contributed by atoms with Crippen LogP contribution in [0.25, 0.3) is 0 Å². The molecule has 2 aliphatic rings. The fraction of sp³-hybridized carbons (Fsp3) is 1.00. The van der Waals surface area contributed by atoms with Gasteiger partial charge < -0.3 is 5.73 Å². The molecule has 0 radical (unpaired) electrons. The first-order chi connectivity index (χ1) is 5.98. The summed E-state index contributed by atoms with van der Waals surface area (Å²) in [6.07, 6.45) is 2.74. The molecule has 1 aliphatic carbocycles. The van der Waals surface area contributed by atoms with E-state index in [0.29, 0.717) is 11.5 Å². The van der Waals surface area contributed by atoms with Crippen LogP contribution in [-0.4, -0.2) is 30.1 Å². The monoisotopic (exact) mass is 182 g/mol. The molecule has 2 rings (SSSR count). The van der Waals surface area contributed by atoms with E-state index < -0.39 is 0 Å². The minimum Gasteiger partial charge on any atom is -0.325 e. The van der Waals surface area contributed by atoms with Crippen LogP contribution < -0.4 is 5.73 Å². The minimum atomic E-state index is 0.455. The van der Waals surface area contributed by atoms with Gasteiger partial charge in [-0.05, 0) is 24.2 Å². The number of hydrogen-bond acceptors (Lipinski definition) is 2. The van der Waals surface area contributed by atoms with Crippen molar-refractivity contribution in [3.8, 4) is 0 Å². The Bertz CT molecular complexity index is 194. The van der Waals surface area contributed by atoms with Crippen LogP contribution in [0, 0.1) is 11.3 Å². The standard InChI is InChI=1S/C11H22N2/c1-8-4-11(2,3)5-10(8)13-6-9(12)7-13/h8-10H,4-7,12H2,1-3H3. The summed E-state index contributed by atoms with van der Waals surface area (Å²) >= 11 is 0. The van der Waals surface area contributed by atoms with Gasteiger partial charge in [0, 0.05) is 25.2 Å². The second kappa shape index (κ2) is 2.96. The third-order valence-electron chi connectivity index (χ3n) is 3.70. The molecule has 2 N–H and O–H groups in total. The smallest absolute Gasteiger partial charge is 0.0297 e. The first-order valence-electron chi connectivity index (χ1n) is 5.47. The minimum absolute atomic E-state index is 0.455. The normalized spacial score (nSPS) is 40.6. The maximum atomic E-state index is 5.81. The topological polar surface area (TPSA) is 29.3 Å². The van der Waals surface area contributed by atoms with E-state index in [9.17, 15) is 0 Å². The molecule has 2 heteroatoms. The highest BCUT2D eigenvalue weighted by atomic mass is 15.2. The molecule has 2 unspecified atom stereocenters. The summed E-state index contributed by atoms with van der Waals surface area (Å²) in [4.78, 5) is 2.57. The van der Waals surface area contributed by atoms with Crippen LogP contribution in [0.4, 0.5) is 0 Å². The summed E-state index contributed by atoms with van der Waals surface area (Å²) < 4.78 is 0. The zero-order valence-electron chi connectivity index (χ0n) is 9.09. The molecule has 1 saturated carbocycles. The van der Waals surface area contributed by atoms with Crippen LogP contribution in [0.3, 0.4) is 0 Å². The molecule has 0 aromatic carbocycles. The molecule has 1 aliphatic heterocycles. The highest BCUT2D eigenvalue weighted by Crippen LogP contribution is 2.44. The maximum Gasteiger partial charge on any atom is 0.0297 e. The number of rotatable bonds is 1. The molecule has 2 fully saturated rings. The van der Waals surface area contributed by atoms with Crippen molar-refractivity contribution >= 4 is 0 Å². The van der Waals surface area contributed by atoms with Gasteiger partial charge in [0.05, 0.1) is 0 Å². The van der Waals surface area contributed by atoms with E-state index in [-0.39, 0.29) is 0 Å². The van der Waals surface area contributed by atoms with E-state index in [2.05, 4.69) is 25.7 Å². The van der Waals surface area contributed by atoms with Crippen molar-refractivity contribution in [1.29, 1.82) is 0 Å². The van der Waals surface area contributed by atoms with Gasteiger partial charge in [0.15, 0.2) is 0 Å². The predicted octanol–water partition coefficient (Wildman–Crippen LogP) is 1.45. The van der Waals surface area contributed by atoms with Gasteiger partial charge in [0.2, 0.25) is 0 Å². The van der Waals surface area contributed by atoms with Crippen LogP contribution >= 0.6 is 0 Å². The molecule has 0 aromatic rings. The van der Waals surface area contributed by atoms with Crippen molar-refractivity contribution in [1.82, 2.24) is 4.90 Å². The molecule has 1 saturated heterocycles. The van der Waals surface area contributed by atoms with Gasteiger partial charge >= 0.3 is 0 Å². The molecule has 0 bridgehead atoms. The zero-order valence-corrected chi connectivity index (χ0v) is 9.09. The van der Waals surface area contributed by atoms with E-state index in [1.165, 1.54) is 12.8 Å². The number of hydrogen-bond donors (Lipinski definition) is 1. The molecular formula is C11H22N2. The predicted molar refractivity (Wildman–Crippen MR) is 55.5 cm³/mol. The molecule has 2 nitrogen and oxygen atoms in total. The molecule has 0 amide bonds. The zero-order chi connectivity index (χ0) is 9.64. The summed E-state index contributed by atoms with van der Waals surface area (Å²) in [5.74, 6) is 0.863. The number of nitrogens with two attached hydrogens (primary N) is 1. The van der Waals surface area contributed by atoms with Crippen molar-refractivity contribution in [3.05, 3.63) is 0 Å². The number of likely N-dealkylation sites (tertiary alicyclic amines) is 1. The van der Waals surface area contributed by atoms with E-state index in [1.807, 2.05) is 0 Å². The lowest BCUT2D eigenvalue weighted by molar-refractivity contribution is 0.0730. The second-order valence-electron chi connectivity index (χ2n) is 5.83. The van der Waals surface area contributed by atoms with Gasteiger partial charge in [-0.2, -0.15) is 0 Å². The Kier molecular flexibility index (Phi) is 2.16. The van der Waals surface area contributed by atoms with E-state index >= 15 is 0 Å². The van der Waals surface area contributed by atoms with Crippen LogP contribution in [0.2, 0.25) is 0 Å². The summed E-state index contributed by atoms with van der Waals surface area (Å²) in [6.45, 7) is 9.44. The van der Waals surface area contributed by atoms with E-state index in [1.54, 1.807) is 0 Å². The third kappa shape index (κ3) is 1.75. The lowest BCUT2D eigenvalue weighted by Crippen LogP contribution is -2.59. The molecule has 0 spiro atoms. The molecule has 2 atom stereocenters. The lowest BCUT2D eigenvalue weighted by atomic mass is 9.91. The van der Waals surface area contributed by atoms with Gasteiger partial charge in [0.25, 0.3) is 0 Å². The maximum absolute atomic E-state index is 5.81. The molecule has 1 heterocycles. The third-order valence-corrected chi connectivity index (χ3v) is 3.70. The van der Waals surface area contributed by atoms with Crippen LogP contribution in [0.15, 0.2) is 0 Å². The SMILES string of the molecule is CC1CC(C)(C)CC1N1CC(N)C1. The highest BCUT2D eigenvalue weighted by molar-refractivity contribution is 4.97. The van der Waals surface area contributed by atoms with Crippen molar-refractivity contribution in [2.45, 2.75) is 45.7 Å². The van der Waals surface area contributed by atoms with E-state index in [4.69, 9.17) is 5.73 Å². The first-order valence-corrected chi connectivity index (χ1v) is 5.47. The Morgan fingerprint density at radius 2 is 1.85 bits per heavy atom. The lowest BCUT2D eigenvalue weighted by Gasteiger charge is -2.43. The quantitative estimate of drug-likeness (QED) is 0.665. The van der Waals surface area contributed by atoms with Crippen LogP contribution in [-0.2, 0) is 0 Å². The summed E-state index contributed by atoms with van der Waals surface area (Å²) in [6, 6.07) is 1.27. The number of nitrogens with zero attached hydrogens (tertiary/aromatic N) is 1. The Labute approximate surface area is 81.5 Å². The average Bonchev–Trinajstić information content (AvgIpc) is 2.18. The van der Waals surface area contributed by atoms with E-state index in [0.717, 1.165) is 25.0 Å². The van der Waals surface area contributed by atoms with Crippen molar-refractivity contribution in [2.24, 2.45) is 17.1 Å². The summed E-state index contributed by atoms with van der Waals surface area (Å²) in [7, 11) is 0. The van der Waals surface area contributed by atoms with Gasteiger partial charge in [-0.3, -0.25) is 4.90 Å². The molecular weight excluding hydrogens is 160 g/mol. The van der Waals surface area contributed by atoms with Crippen LogP contribution in [0.1, 0.15) is 33.6 Å². The van der Waals surface area contributed by atoms with Crippen molar-refractivity contribution in [2.75, 3.05) is 13.1 Å². The first kappa shape index (κ1) is 9.47. The van der Waals surface area contributed by atoms with Crippen molar-refractivity contribution < 1.29 is 0 Å². The average molecular weight is 182 g/mol.